The quantitative estimate of drug-likeness (QED) is 0.933. The van der Waals surface area contributed by atoms with E-state index in [1.165, 1.54) is 16.8 Å². The molecular formula is C14H16F3N3. The van der Waals surface area contributed by atoms with E-state index in [-0.39, 0.29) is 5.56 Å². The fourth-order valence-electron chi connectivity index (χ4n) is 2.09. The van der Waals surface area contributed by atoms with Crippen LogP contribution in [0.15, 0.2) is 30.5 Å². The largest absolute Gasteiger partial charge is 0.417 e. The van der Waals surface area contributed by atoms with Crippen molar-refractivity contribution in [3.05, 3.63) is 41.6 Å². The molecule has 0 aliphatic heterocycles. The Morgan fingerprint density at radius 3 is 2.60 bits per heavy atom. The molecule has 0 bridgehead atoms. The molecule has 20 heavy (non-hydrogen) atoms. The molecule has 0 atom stereocenters. The van der Waals surface area contributed by atoms with E-state index in [0.29, 0.717) is 12.2 Å². The van der Waals surface area contributed by atoms with Gasteiger partial charge < -0.3 is 5.32 Å². The summed E-state index contributed by atoms with van der Waals surface area (Å²) in [7, 11) is 1.70. The van der Waals surface area contributed by atoms with Gasteiger partial charge in [0.15, 0.2) is 0 Å². The lowest BCUT2D eigenvalue weighted by atomic mass is 10.0. The van der Waals surface area contributed by atoms with E-state index in [9.17, 15) is 13.2 Å². The fourth-order valence-corrected chi connectivity index (χ4v) is 2.09. The Kier molecular flexibility index (Phi) is 4.13. The van der Waals surface area contributed by atoms with Crippen LogP contribution in [0.3, 0.4) is 0 Å². The molecular weight excluding hydrogens is 267 g/mol. The molecule has 0 radical (unpaired) electrons. The van der Waals surface area contributed by atoms with Crippen LogP contribution in [0.1, 0.15) is 18.1 Å². The third-order valence-corrected chi connectivity index (χ3v) is 2.96. The van der Waals surface area contributed by atoms with Crippen molar-refractivity contribution in [3.8, 4) is 11.3 Å². The molecule has 6 heteroatoms. The van der Waals surface area contributed by atoms with Crippen LogP contribution in [0.2, 0.25) is 0 Å². The Labute approximate surface area is 115 Å². The molecule has 3 nitrogen and oxygen atoms in total. The van der Waals surface area contributed by atoms with Crippen LogP contribution in [-0.2, 0) is 19.8 Å². The van der Waals surface area contributed by atoms with E-state index in [2.05, 4.69) is 10.4 Å². The third-order valence-electron chi connectivity index (χ3n) is 2.96. The second kappa shape index (κ2) is 5.66. The van der Waals surface area contributed by atoms with Crippen molar-refractivity contribution in [3.63, 3.8) is 0 Å². The molecule has 1 N–H and O–H groups in total. The van der Waals surface area contributed by atoms with Crippen molar-refractivity contribution in [2.75, 3.05) is 6.54 Å². The summed E-state index contributed by atoms with van der Waals surface area (Å²) in [4.78, 5) is 0. The molecule has 0 aliphatic rings. The van der Waals surface area contributed by atoms with E-state index >= 15 is 0 Å². The molecule has 1 heterocycles. The Hall–Kier alpha value is -1.82. The van der Waals surface area contributed by atoms with Crippen LogP contribution >= 0.6 is 0 Å². The Bertz CT molecular complexity index is 588. The van der Waals surface area contributed by atoms with Gasteiger partial charge in [-0.2, -0.15) is 18.3 Å². The van der Waals surface area contributed by atoms with Crippen LogP contribution in [0.25, 0.3) is 11.3 Å². The minimum atomic E-state index is -4.39. The minimum absolute atomic E-state index is 0.119. The summed E-state index contributed by atoms with van der Waals surface area (Å²) in [5.41, 5.74) is 0.595. The highest BCUT2D eigenvalue weighted by atomic mass is 19.4. The molecule has 1 aromatic heterocycles. The molecule has 0 saturated carbocycles. The minimum Gasteiger partial charge on any atom is -0.313 e. The Morgan fingerprint density at radius 1 is 1.25 bits per heavy atom. The molecule has 0 fully saturated rings. The van der Waals surface area contributed by atoms with E-state index in [1.54, 1.807) is 19.3 Å². The van der Waals surface area contributed by atoms with E-state index in [1.807, 2.05) is 6.92 Å². The van der Waals surface area contributed by atoms with Crippen LogP contribution in [-0.4, -0.2) is 16.3 Å². The van der Waals surface area contributed by atoms with Gasteiger partial charge in [-0.3, -0.25) is 4.68 Å². The zero-order valence-corrected chi connectivity index (χ0v) is 11.3. The van der Waals surface area contributed by atoms with E-state index < -0.39 is 11.7 Å². The van der Waals surface area contributed by atoms with Crippen molar-refractivity contribution < 1.29 is 13.2 Å². The first-order valence-electron chi connectivity index (χ1n) is 6.33. The van der Waals surface area contributed by atoms with Crippen molar-refractivity contribution in [2.24, 2.45) is 7.05 Å². The first-order chi connectivity index (χ1) is 9.43. The second-order valence-corrected chi connectivity index (χ2v) is 4.50. The summed E-state index contributed by atoms with van der Waals surface area (Å²) in [6, 6.07) is 5.52. The van der Waals surface area contributed by atoms with Gasteiger partial charge in [-0.05, 0) is 12.6 Å². The molecule has 2 aromatic rings. The molecule has 0 saturated heterocycles. The van der Waals surface area contributed by atoms with Crippen molar-refractivity contribution in [2.45, 2.75) is 19.6 Å². The van der Waals surface area contributed by atoms with Gasteiger partial charge in [-0.25, -0.2) is 0 Å². The van der Waals surface area contributed by atoms with Gasteiger partial charge in [0, 0.05) is 30.9 Å². The number of benzene rings is 1. The highest BCUT2D eigenvalue weighted by molar-refractivity contribution is 5.67. The number of halogens is 3. The third kappa shape index (κ3) is 3.01. The lowest BCUT2D eigenvalue weighted by Gasteiger charge is -2.12. The van der Waals surface area contributed by atoms with Crippen LogP contribution in [0, 0.1) is 0 Å². The van der Waals surface area contributed by atoms with Gasteiger partial charge in [0.2, 0.25) is 0 Å². The summed E-state index contributed by atoms with van der Waals surface area (Å²) < 4.78 is 40.8. The van der Waals surface area contributed by atoms with Gasteiger partial charge in [-0.15, -0.1) is 0 Å². The van der Waals surface area contributed by atoms with Gasteiger partial charge in [0.05, 0.1) is 11.3 Å². The number of alkyl halides is 3. The number of nitrogens with zero attached hydrogens (tertiary/aromatic N) is 2. The predicted molar refractivity (Wildman–Crippen MR) is 71.0 cm³/mol. The second-order valence-electron chi connectivity index (χ2n) is 4.50. The highest BCUT2D eigenvalue weighted by Gasteiger charge is 2.34. The van der Waals surface area contributed by atoms with Crippen molar-refractivity contribution in [1.29, 1.82) is 0 Å². The number of aryl methyl sites for hydroxylation is 1. The SMILES string of the molecule is CCNCc1cn(C)nc1-c1ccccc1C(F)(F)F. The summed E-state index contributed by atoms with van der Waals surface area (Å²) in [6.07, 6.45) is -2.64. The molecule has 108 valence electrons. The summed E-state index contributed by atoms with van der Waals surface area (Å²) >= 11 is 0. The Morgan fingerprint density at radius 2 is 1.95 bits per heavy atom. The number of aromatic nitrogens is 2. The molecule has 0 aliphatic carbocycles. The zero-order chi connectivity index (χ0) is 14.8. The van der Waals surface area contributed by atoms with Crippen molar-refractivity contribution in [1.82, 2.24) is 15.1 Å². The monoisotopic (exact) mass is 283 g/mol. The van der Waals surface area contributed by atoms with Gasteiger partial charge in [0.1, 0.15) is 0 Å². The average molecular weight is 283 g/mol. The maximum Gasteiger partial charge on any atom is 0.417 e. The smallest absolute Gasteiger partial charge is 0.313 e. The number of hydrogen-bond acceptors (Lipinski definition) is 2. The average Bonchev–Trinajstić information content (AvgIpc) is 2.76. The topological polar surface area (TPSA) is 29.9 Å². The first-order valence-corrected chi connectivity index (χ1v) is 6.33. The lowest BCUT2D eigenvalue weighted by Crippen LogP contribution is -2.12. The fraction of sp³-hybridized carbons (Fsp3) is 0.357. The highest BCUT2D eigenvalue weighted by Crippen LogP contribution is 2.37. The van der Waals surface area contributed by atoms with E-state index in [0.717, 1.165) is 18.2 Å². The molecule has 1 aromatic carbocycles. The first kappa shape index (κ1) is 14.6. The summed E-state index contributed by atoms with van der Waals surface area (Å²) in [5, 5.41) is 7.30. The number of nitrogens with one attached hydrogen (secondary N) is 1. The standard InChI is InChI=1S/C14H16F3N3/c1-3-18-8-10-9-20(2)19-13(10)11-6-4-5-7-12(11)14(15,16)17/h4-7,9,18H,3,8H2,1-2H3. The zero-order valence-electron chi connectivity index (χ0n) is 11.3. The number of hydrogen-bond donors (Lipinski definition) is 1. The molecule has 0 amide bonds. The van der Waals surface area contributed by atoms with Crippen LogP contribution in [0.5, 0.6) is 0 Å². The maximum atomic E-state index is 13.1. The summed E-state index contributed by atoms with van der Waals surface area (Å²) in [6.45, 7) is 3.18. The summed E-state index contributed by atoms with van der Waals surface area (Å²) in [5.74, 6) is 0. The predicted octanol–water partition coefficient (Wildman–Crippen LogP) is 3.22. The van der Waals surface area contributed by atoms with Crippen molar-refractivity contribution >= 4 is 0 Å². The molecule has 0 spiro atoms. The van der Waals surface area contributed by atoms with E-state index in [4.69, 9.17) is 0 Å². The number of rotatable bonds is 4. The van der Waals surface area contributed by atoms with Gasteiger partial charge in [-0.1, -0.05) is 25.1 Å². The lowest BCUT2D eigenvalue weighted by molar-refractivity contribution is -0.137. The molecule has 0 unspecified atom stereocenters. The van der Waals surface area contributed by atoms with Crippen LogP contribution < -0.4 is 5.32 Å². The molecule has 2 rings (SSSR count). The normalized spacial score (nSPS) is 11.8. The maximum absolute atomic E-state index is 13.1. The van der Waals surface area contributed by atoms with Crippen LogP contribution in [0.4, 0.5) is 13.2 Å². The van der Waals surface area contributed by atoms with Gasteiger partial charge in [0.25, 0.3) is 0 Å². The Balaban J connectivity index is 2.52. The van der Waals surface area contributed by atoms with Gasteiger partial charge >= 0.3 is 6.18 Å².